The minimum absolute atomic E-state index is 0.205. The van der Waals surface area contributed by atoms with Gasteiger partial charge in [0.05, 0.1) is 6.54 Å². The third-order valence-corrected chi connectivity index (χ3v) is 3.95. The van der Waals surface area contributed by atoms with Gasteiger partial charge in [-0.2, -0.15) is 0 Å². The van der Waals surface area contributed by atoms with Crippen LogP contribution in [0.25, 0.3) is 0 Å². The zero-order valence-electron chi connectivity index (χ0n) is 13.6. The van der Waals surface area contributed by atoms with Gasteiger partial charge < -0.3 is 4.90 Å². The Morgan fingerprint density at radius 1 is 1.14 bits per heavy atom. The highest BCUT2D eigenvalue weighted by Crippen LogP contribution is 2.32. The van der Waals surface area contributed by atoms with Gasteiger partial charge in [0.15, 0.2) is 0 Å². The van der Waals surface area contributed by atoms with E-state index >= 15 is 0 Å². The van der Waals surface area contributed by atoms with Crippen molar-refractivity contribution in [3.8, 4) is 0 Å². The molecule has 1 aromatic carbocycles. The van der Waals surface area contributed by atoms with Crippen LogP contribution < -0.4 is 0 Å². The second kappa shape index (κ2) is 6.85. The molecule has 122 valence electrons. The molecule has 1 unspecified atom stereocenters. The van der Waals surface area contributed by atoms with Crippen LogP contribution in [0, 0.1) is 11.6 Å². The fraction of sp³-hybridized carbons (Fsp3) is 0.500. The summed E-state index contributed by atoms with van der Waals surface area (Å²) in [6.07, 6.45) is 0.373. The van der Waals surface area contributed by atoms with Gasteiger partial charge in [-0.15, -0.1) is 0 Å². The number of hydrogen-bond acceptors (Lipinski definition) is 2. The predicted molar refractivity (Wildman–Crippen MR) is 80.1 cm³/mol. The van der Waals surface area contributed by atoms with Gasteiger partial charge >= 0.3 is 6.03 Å². The molecule has 1 aliphatic heterocycles. The number of rotatable bonds is 3. The molecule has 2 rings (SSSR count). The predicted octanol–water partition coefficient (Wildman–Crippen LogP) is 3.55. The molecule has 1 fully saturated rings. The number of halogens is 2. The number of nitrogens with zero attached hydrogens (tertiary/aromatic N) is 2. The van der Waals surface area contributed by atoms with Crippen molar-refractivity contribution in [2.24, 2.45) is 0 Å². The standard InChI is InChI=1S/C14H16F2N2O2.C2H6/c1-4-14(2)12(19)17(3)13(20)18(14)8-9-10(15)6-5-7-11(9)16;1-2/h5-7H,4,8H2,1-3H3;1-2H3. The van der Waals surface area contributed by atoms with Crippen LogP contribution in [0.2, 0.25) is 0 Å². The third-order valence-electron chi connectivity index (χ3n) is 3.95. The van der Waals surface area contributed by atoms with Gasteiger partial charge in [0.1, 0.15) is 17.2 Å². The van der Waals surface area contributed by atoms with Gasteiger partial charge in [-0.3, -0.25) is 9.69 Å². The van der Waals surface area contributed by atoms with Crippen molar-refractivity contribution in [2.75, 3.05) is 7.05 Å². The summed E-state index contributed by atoms with van der Waals surface area (Å²) in [5, 5.41) is 0. The van der Waals surface area contributed by atoms with Gasteiger partial charge in [-0.05, 0) is 25.5 Å². The van der Waals surface area contributed by atoms with Crippen molar-refractivity contribution in [1.29, 1.82) is 0 Å². The summed E-state index contributed by atoms with van der Waals surface area (Å²) in [5.41, 5.74) is -1.27. The fourth-order valence-corrected chi connectivity index (χ4v) is 2.38. The molecular formula is C16H22F2N2O2. The first kappa shape index (κ1) is 18.1. The first-order valence-corrected chi connectivity index (χ1v) is 7.35. The van der Waals surface area contributed by atoms with Gasteiger partial charge in [0, 0.05) is 12.6 Å². The summed E-state index contributed by atoms with van der Waals surface area (Å²) in [4.78, 5) is 26.4. The molecular weight excluding hydrogens is 290 g/mol. The van der Waals surface area contributed by atoms with E-state index in [1.165, 1.54) is 18.0 Å². The molecule has 0 bridgehead atoms. The summed E-state index contributed by atoms with van der Waals surface area (Å²) >= 11 is 0. The molecule has 1 heterocycles. The molecule has 1 saturated heterocycles. The molecule has 1 aromatic rings. The zero-order valence-corrected chi connectivity index (χ0v) is 13.6. The quantitative estimate of drug-likeness (QED) is 0.801. The lowest BCUT2D eigenvalue weighted by Gasteiger charge is -2.30. The molecule has 1 aliphatic rings. The third kappa shape index (κ3) is 2.82. The van der Waals surface area contributed by atoms with Crippen molar-refractivity contribution in [2.45, 2.75) is 46.2 Å². The lowest BCUT2D eigenvalue weighted by atomic mass is 9.96. The van der Waals surface area contributed by atoms with Crippen LogP contribution in [0.3, 0.4) is 0 Å². The topological polar surface area (TPSA) is 40.6 Å². The van der Waals surface area contributed by atoms with Crippen LogP contribution in [-0.2, 0) is 11.3 Å². The maximum absolute atomic E-state index is 13.7. The lowest BCUT2D eigenvalue weighted by molar-refractivity contribution is -0.132. The van der Waals surface area contributed by atoms with Gasteiger partial charge in [-0.1, -0.05) is 26.8 Å². The Hall–Kier alpha value is -1.98. The molecule has 1 atom stereocenters. The highest BCUT2D eigenvalue weighted by molar-refractivity contribution is 6.06. The second-order valence-electron chi connectivity index (χ2n) is 5.06. The number of amides is 3. The Labute approximate surface area is 129 Å². The largest absolute Gasteiger partial charge is 0.327 e. The first-order chi connectivity index (χ1) is 10.3. The van der Waals surface area contributed by atoms with E-state index in [-0.39, 0.29) is 18.0 Å². The van der Waals surface area contributed by atoms with Crippen LogP contribution in [0.15, 0.2) is 18.2 Å². The van der Waals surface area contributed by atoms with Gasteiger partial charge in [0.2, 0.25) is 0 Å². The lowest BCUT2D eigenvalue weighted by Crippen LogP contribution is -2.46. The zero-order chi connectivity index (χ0) is 17.1. The maximum atomic E-state index is 13.7. The normalized spacial score (nSPS) is 21.0. The van der Waals surface area contributed by atoms with E-state index in [1.54, 1.807) is 13.8 Å². The smallest absolute Gasteiger partial charge is 0.305 e. The maximum Gasteiger partial charge on any atom is 0.327 e. The Balaban J connectivity index is 0.00000116. The SMILES string of the molecule is CC.CCC1(C)C(=O)N(C)C(=O)N1Cc1c(F)cccc1F. The van der Waals surface area contributed by atoms with Crippen LogP contribution >= 0.6 is 0 Å². The summed E-state index contributed by atoms with van der Waals surface area (Å²) in [7, 11) is 1.37. The summed E-state index contributed by atoms with van der Waals surface area (Å²) in [6.45, 7) is 7.10. The Morgan fingerprint density at radius 3 is 2.09 bits per heavy atom. The minimum Gasteiger partial charge on any atom is -0.305 e. The van der Waals surface area contributed by atoms with Crippen molar-refractivity contribution >= 4 is 11.9 Å². The number of likely N-dealkylation sites (N-methyl/N-ethyl adjacent to an activating group) is 1. The van der Waals surface area contributed by atoms with Crippen LogP contribution in [-0.4, -0.2) is 34.3 Å². The van der Waals surface area contributed by atoms with Crippen LogP contribution in [0.1, 0.15) is 39.7 Å². The average Bonchev–Trinajstić information content (AvgIpc) is 2.68. The summed E-state index contributed by atoms with van der Waals surface area (Å²) in [6, 6.07) is 2.99. The number of imide groups is 1. The number of urea groups is 1. The number of benzene rings is 1. The minimum atomic E-state index is -1.07. The van der Waals surface area contributed by atoms with Crippen LogP contribution in [0.5, 0.6) is 0 Å². The summed E-state index contributed by atoms with van der Waals surface area (Å²) in [5.74, 6) is -1.81. The average molecular weight is 312 g/mol. The van der Waals surface area contributed by atoms with E-state index in [1.807, 2.05) is 13.8 Å². The molecule has 0 N–H and O–H groups in total. The molecule has 0 radical (unpaired) electrons. The van der Waals surface area contributed by atoms with Crippen molar-refractivity contribution in [3.63, 3.8) is 0 Å². The molecule has 3 amide bonds. The Bertz CT molecular complexity index is 557. The van der Waals surface area contributed by atoms with Crippen molar-refractivity contribution in [3.05, 3.63) is 35.4 Å². The van der Waals surface area contributed by atoms with E-state index in [0.29, 0.717) is 6.42 Å². The number of hydrogen-bond donors (Lipinski definition) is 0. The Kier molecular flexibility index (Phi) is 5.63. The van der Waals surface area contributed by atoms with Crippen LogP contribution in [0.4, 0.5) is 13.6 Å². The molecule has 6 heteroatoms. The van der Waals surface area contributed by atoms with Crippen molar-refractivity contribution < 1.29 is 18.4 Å². The molecule has 22 heavy (non-hydrogen) atoms. The van der Waals surface area contributed by atoms with Gasteiger partial charge in [0.25, 0.3) is 5.91 Å². The number of carbonyl (C=O) groups excluding carboxylic acids is 2. The van der Waals surface area contributed by atoms with E-state index < -0.39 is 23.2 Å². The molecule has 0 saturated carbocycles. The highest BCUT2D eigenvalue weighted by Gasteiger charge is 2.51. The second-order valence-corrected chi connectivity index (χ2v) is 5.06. The van der Waals surface area contributed by atoms with E-state index in [4.69, 9.17) is 0 Å². The number of carbonyl (C=O) groups is 2. The first-order valence-electron chi connectivity index (χ1n) is 7.35. The van der Waals surface area contributed by atoms with E-state index in [9.17, 15) is 18.4 Å². The van der Waals surface area contributed by atoms with E-state index in [2.05, 4.69) is 0 Å². The van der Waals surface area contributed by atoms with Gasteiger partial charge in [-0.25, -0.2) is 13.6 Å². The fourth-order valence-electron chi connectivity index (χ4n) is 2.38. The molecule has 0 spiro atoms. The monoisotopic (exact) mass is 312 g/mol. The van der Waals surface area contributed by atoms with E-state index in [0.717, 1.165) is 17.0 Å². The molecule has 4 nitrogen and oxygen atoms in total. The Morgan fingerprint density at radius 2 is 1.64 bits per heavy atom. The highest BCUT2D eigenvalue weighted by atomic mass is 19.1. The van der Waals surface area contributed by atoms with Crippen molar-refractivity contribution in [1.82, 2.24) is 9.80 Å². The molecule has 0 aromatic heterocycles. The molecule has 0 aliphatic carbocycles. The summed E-state index contributed by atoms with van der Waals surface area (Å²) < 4.78 is 27.4.